The number of ether oxygens (including phenoxy) is 2. The summed E-state index contributed by atoms with van der Waals surface area (Å²) in [6.45, 7) is 4.23. The summed E-state index contributed by atoms with van der Waals surface area (Å²) in [6.07, 6.45) is 36.1. The van der Waals surface area contributed by atoms with Gasteiger partial charge in [-0.2, -0.15) is 0 Å². The smallest absolute Gasteiger partial charge is 0.472 e. The molecule has 0 rings (SSSR count). The Balaban J connectivity index is 4.04. The molecule has 46 heavy (non-hydrogen) atoms. The van der Waals surface area contributed by atoms with E-state index < -0.39 is 13.9 Å². The monoisotopic (exact) mass is 676 g/mol. The first-order chi connectivity index (χ1) is 22.4. The standard InChI is InChI=1S/C37H74NO7P/c1-3-5-7-9-11-13-14-15-16-17-18-19-20-21-23-25-27-29-32-42-34-36(35-44-46(40,41)43-33-31-38)45-37(39)30-28-26-24-22-12-10-8-6-4-2/h29,32,36H,3-28,30-31,33-35,38H2,1-2H3,(H,40,41)/b32-29+/t36-/m0/s1. The van der Waals surface area contributed by atoms with Crippen LogP contribution in [-0.4, -0.2) is 43.3 Å². The summed E-state index contributed by atoms with van der Waals surface area (Å²) in [4.78, 5) is 22.3. The van der Waals surface area contributed by atoms with E-state index in [1.165, 1.54) is 135 Å². The molecule has 3 N–H and O–H groups in total. The fraction of sp³-hybridized carbons (Fsp3) is 0.919. The Labute approximate surface area is 283 Å². The molecule has 0 aromatic heterocycles. The molecule has 0 radical (unpaired) electrons. The minimum atomic E-state index is -4.28. The number of esters is 1. The summed E-state index contributed by atoms with van der Waals surface area (Å²) in [7, 11) is -4.28. The van der Waals surface area contributed by atoms with Crippen molar-refractivity contribution in [3.63, 3.8) is 0 Å². The number of carbonyl (C=O) groups excluding carboxylic acids is 1. The van der Waals surface area contributed by atoms with Gasteiger partial charge in [0, 0.05) is 13.0 Å². The largest absolute Gasteiger partial charge is 0.498 e. The lowest BCUT2D eigenvalue weighted by Gasteiger charge is -2.19. The highest BCUT2D eigenvalue weighted by Crippen LogP contribution is 2.43. The van der Waals surface area contributed by atoms with Crippen LogP contribution in [0.2, 0.25) is 0 Å². The summed E-state index contributed by atoms with van der Waals surface area (Å²) < 4.78 is 33.0. The maximum atomic E-state index is 12.4. The second-order valence-electron chi connectivity index (χ2n) is 12.9. The molecule has 0 heterocycles. The lowest BCUT2D eigenvalue weighted by molar-refractivity contribution is -0.153. The third-order valence-electron chi connectivity index (χ3n) is 8.28. The van der Waals surface area contributed by atoms with E-state index in [0.717, 1.165) is 32.1 Å². The molecule has 0 fully saturated rings. The van der Waals surface area contributed by atoms with E-state index >= 15 is 0 Å². The molecule has 0 aromatic rings. The predicted molar refractivity (Wildman–Crippen MR) is 192 cm³/mol. The van der Waals surface area contributed by atoms with E-state index in [4.69, 9.17) is 24.3 Å². The number of hydrogen-bond donors (Lipinski definition) is 2. The number of unbranched alkanes of at least 4 members (excludes halogenated alkanes) is 24. The Morgan fingerprint density at radius 2 is 1.09 bits per heavy atom. The fourth-order valence-corrected chi connectivity index (χ4v) is 6.20. The highest BCUT2D eigenvalue weighted by Gasteiger charge is 2.25. The summed E-state index contributed by atoms with van der Waals surface area (Å²) in [5.74, 6) is -0.354. The van der Waals surface area contributed by atoms with Gasteiger partial charge in [-0.1, -0.05) is 162 Å². The van der Waals surface area contributed by atoms with Crippen molar-refractivity contribution in [2.45, 2.75) is 193 Å². The van der Waals surface area contributed by atoms with Crippen molar-refractivity contribution < 1.29 is 32.8 Å². The molecule has 2 atom stereocenters. The van der Waals surface area contributed by atoms with Crippen LogP contribution in [0, 0.1) is 0 Å². The van der Waals surface area contributed by atoms with Gasteiger partial charge in [-0.05, 0) is 25.3 Å². The minimum absolute atomic E-state index is 0.0375. The van der Waals surface area contributed by atoms with Crippen LogP contribution >= 0.6 is 7.82 Å². The number of rotatable bonds is 37. The molecule has 0 aliphatic rings. The fourth-order valence-electron chi connectivity index (χ4n) is 5.43. The molecule has 274 valence electrons. The maximum Gasteiger partial charge on any atom is 0.472 e. The SMILES string of the molecule is CCCCCCCCCCCCCCCCCC/C=C/OC[C@@H](COP(=O)(O)OCCN)OC(=O)CCCCCCCCCCC. The van der Waals surface area contributed by atoms with Crippen LogP contribution in [0.25, 0.3) is 0 Å². The van der Waals surface area contributed by atoms with Crippen molar-refractivity contribution in [1.82, 2.24) is 0 Å². The highest BCUT2D eigenvalue weighted by atomic mass is 31.2. The Morgan fingerprint density at radius 3 is 1.54 bits per heavy atom. The van der Waals surface area contributed by atoms with Crippen LogP contribution in [0.4, 0.5) is 0 Å². The van der Waals surface area contributed by atoms with E-state index in [9.17, 15) is 14.3 Å². The zero-order chi connectivity index (χ0) is 33.8. The number of phosphoric acid groups is 1. The molecule has 0 aliphatic heterocycles. The second kappa shape index (κ2) is 35.4. The third kappa shape index (κ3) is 34.4. The molecule has 0 saturated heterocycles. The zero-order valence-electron chi connectivity index (χ0n) is 30.1. The van der Waals surface area contributed by atoms with Crippen molar-refractivity contribution in [2.75, 3.05) is 26.4 Å². The normalized spacial score (nSPS) is 13.7. The molecular formula is C37H74NO7P. The lowest BCUT2D eigenvalue weighted by Crippen LogP contribution is -2.27. The molecule has 0 spiro atoms. The summed E-state index contributed by atoms with van der Waals surface area (Å²) in [6, 6.07) is 0. The van der Waals surface area contributed by atoms with Crippen molar-refractivity contribution in [2.24, 2.45) is 5.73 Å². The Kier molecular flexibility index (Phi) is 34.7. The number of carbonyl (C=O) groups is 1. The van der Waals surface area contributed by atoms with Crippen LogP contribution in [0.1, 0.15) is 187 Å². The maximum absolute atomic E-state index is 12.4. The highest BCUT2D eigenvalue weighted by molar-refractivity contribution is 7.47. The van der Waals surface area contributed by atoms with Crippen molar-refractivity contribution in [1.29, 1.82) is 0 Å². The quantitative estimate of drug-likeness (QED) is 0.0289. The molecule has 0 aliphatic carbocycles. The Bertz CT molecular complexity index is 722. The van der Waals surface area contributed by atoms with E-state index in [2.05, 4.69) is 13.8 Å². The van der Waals surface area contributed by atoms with Gasteiger partial charge in [0.25, 0.3) is 0 Å². The number of hydrogen-bond acceptors (Lipinski definition) is 7. The Morgan fingerprint density at radius 1 is 0.652 bits per heavy atom. The molecule has 1 unspecified atom stereocenters. The van der Waals surface area contributed by atoms with Gasteiger partial charge in [-0.25, -0.2) is 4.57 Å². The van der Waals surface area contributed by atoms with Gasteiger partial charge in [0.15, 0.2) is 6.10 Å². The van der Waals surface area contributed by atoms with Gasteiger partial charge < -0.3 is 20.1 Å². The molecule has 9 heteroatoms. The first-order valence-corrected chi connectivity index (χ1v) is 20.7. The number of allylic oxidation sites excluding steroid dienone is 1. The number of phosphoric ester groups is 1. The summed E-state index contributed by atoms with van der Waals surface area (Å²) in [5.41, 5.74) is 5.34. The third-order valence-corrected chi connectivity index (χ3v) is 9.26. The van der Waals surface area contributed by atoms with E-state index in [0.29, 0.717) is 6.42 Å². The van der Waals surface area contributed by atoms with Crippen LogP contribution in [-0.2, 0) is 27.9 Å². The lowest BCUT2D eigenvalue weighted by atomic mass is 10.0. The van der Waals surface area contributed by atoms with Gasteiger partial charge in [0.1, 0.15) is 6.61 Å². The second-order valence-corrected chi connectivity index (χ2v) is 14.3. The van der Waals surface area contributed by atoms with Crippen LogP contribution in [0.15, 0.2) is 12.3 Å². The van der Waals surface area contributed by atoms with Gasteiger partial charge in [-0.15, -0.1) is 0 Å². The molecule has 0 bridgehead atoms. The predicted octanol–water partition coefficient (Wildman–Crippen LogP) is 11.1. The molecule has 0 aromatic carbocycles. The van der Waals surface area contributed by atoms with Crippen LogP contribution < -0.4 is 5.73 Å². The summed E-state index contributed by atoms with van der Waals surface area (Å²) in [5, 5.41) is 0. The van der Waals surface area contributed by atoms with Crippen LogP contribution in [0.5, 0.6) is 0 Å². The zero-order valence-corrected chi connectivity index (χ0v) is 31.0. The van der Waals surface area contributed by atoms with E-state index in [-0.39, 0.29) is 32.3 Å². The topological polar surface area (TPSA) is 117 Å². The minimum Gasteiger partial charge on any atom is -0.498 e. The van der Waals surface area contributed by atoms with Gasteiger partial charge in [0.2, 0.25) is 0 Å². The molecule has 0 saturated carbocycles. The first-order valence-electron chi connectivity index (χ1n) is 19.2. The Hall–Kier alpha value is -0.920. The van der Waals surface area contributed by atoms with E-state index in [1.807, 2.05) is 6.08 Å². The van der Waals surface area contributed by atoms with Crippen molar-refractivity contribution >= 4 is 13.8 Å². The van der Waals surface area contributed by atoms with Gasteiger partial charge in [0.05, 0.1) is 19.5 Å². The molecular weight excluding hydrogens is 601 g/mol. The van der Waals surface area contributed by atoms with Crippen molar-refractivity contribution in [3.05, 3.63) is 12.3 Å². The van der Waals surface area contributed by atoms with E-state index in [1.54, 1.807) is 6.26 Å². The molecule has 0 amide bonds. The van der Waals surface area contributed by atoms with Crippen molar-refractivity contribution in [3.8, 4) is 0 Å². The van der Waals surface area contributed by atoms with Crippen LogP contribution in [0.3, 0.4) is 0 Å². The van der Waals surface area contributed by atoms with Gasteiger partial charge >= 0.3 is 13.8 Å². The average Bonchev–Trinajstić information content (AvgIpc) is 3.04. The van der Waals surface area contributed by atoms with Gasteiger partial charge in [-0.3, -0.25) is 13.8 Å². The average molecular weight is 676 g/mol. The number of nitrogens with two attached hydrogens (primary N) is 1. The molecule has 8 nitrogen and oxygen atoms in total. The summed E-state index contributed by atoms with van der Waals surface area (Å²) >= 11 is 0. The first kappa shape index (κ1) is 45.1.